The number of esters is 1. The summed E-state index contributed by atoms with van der Waals surface area (Å²) >= 11 is 1.27. The molecule has 2 amide bonds. The maximum absolute atomic E-state index is 11.6. The van der Waals surface area contributed by atoms with E-state index in [-0.39, 0.29) is 18.7 Å². The molecule has 7 heteroatoms. The van der Waals surface area contributed by atoms with Crippen LogP contribution in [0.15, 0.2) is 47.8 Å². The molecule has 0 unspecified atom stereocenters. The first kappa shape index (κ1) is 18.7. The summed E-state index contributed by atoms with van der Waals surface area (Å²) in [5.41, 5.74) is 5.77. The molecule has 0 fully saturated rings. The van der Waals surface area contributed by atoms with Gasteiger partial charge in [0, 0.05) is 6.42 Å². The first-order valence-electron chi connectivity index (χ1n) is 7.97. The van der Waals surface area contributed by atoms with Crippen molar-refractivity contribution in [3.8, 4) is 0 Å². The van der Waals surface area contributed by atoms with Gasteiger partial charge in [-0.25, -0.2) is 0 Å². The number of rotatable bonds is 8. The van der Waals surface area contributed by atoms with Crippen molar-refractivity contribution in [2.24, 2.45) is 0 Å². The Labute approximate surface area is 150 Å². The molecular formula is C18H20N2O4S. The highest BCUT2D eigenvalue weighted by molar-refractivity contribution is 7.12. The minimum atomic E-state index is -0.439. The molecule has 6 nitrogen and oxygen atoms in total. The Bertz CT molecular complexity index is 686. The van der Waals surface area contributed by atoms with Gasteiger partial charge in [-0.3, -0.25) is 25.2 Å². The quantitative estimate of drug-likeness (QED) is 0.430. The summed E-state index contributed by atoms with van der Waals surface area (Å²) in [6, 6.07) is 13.3. The van der Waals surface area contributed by atoms with Crippen LogP contribution >= 0.6 is 11.3 Å². The molecule has 0 aliphatic rings. The van der Waals surface area contributed by atoms with Crippen molar-refractivity contribution in [1.82, 2.24) is 10.9 Å². The van der Waals surface area contributed by atoms with Crippen LogP contribution in [0.1, 0.15) is 34.5 Å². The third kappa shape index (κ3) is 7.17. The van der Waals surface area contributed by atoms with E-state index in [1.807, 2.05) is 30.3 Å². The largest absolute Gasteiger partial charge is 0.466 e. The van der Waals surface area contributed by atoms with E-state index >= 15 is 0 Å². The number of hydrogen-bond donors (Lipinski definition) is 2. The minimum absolute atomic E-state index is 0.0218. The van der Waals surface area contributed by atoms with Crippen LogP contribution in [0.25, 0.3) is 0 Å². The first-order valence-corrected chi connectivity index (χ1v) is 8.85. The highest BCUT2D eigenvalue weighted by atomic mass is 32.1. The van der Waals surface area contributed by atoms with Crippen molar-refractivity contribution < 1.29 is 19.1 Å². The summed E-state index contributed by atoms with van der Waals surface area (Å²) in [7, 11) is 0. The topological polar surface area (TPSA) is 84.5 Å². The average Bonchev–Trinajstić information content (AvgIpc) is 3.17. The molecule has 0 aliphatic carbocycles. The number of benzene rings is 1. The highest BCUT2D eigenvalue weighted by Gasteiger charge is 2.10. The van der Waals surface area contributed by atoms with Crippen LogP contribution in [0, 0.1) is 0 Å². The van der Waals surface area contributed by atoms with E-state index in [9.17, 15) is 14.4 Å². The Morgan fingerprint density at radius 3 is 2.48 bits per heavy atom. The van der Waals surface area contributed by atoms with Crippen LogP contribution in [0.2, 0.25) is 0 Å². The van der Waals surface area contributed by atoms with Crippen LogP contribution < -0.4 is 10.9 Å². The predicted molar refractivity (Wildman–Crippen MR) is 94.9 cm³/mol. The van der Waals surface area contributed by atoms with Gasteiger partial charge in [0.2, 0.25) is 5.91 Å². The Morgan fingerprint density at radius 1 is 0.960 bits per heavy atom. The fourth-order valence-electron chi connectivity index (χ4n) is 2.05. The lowest BCUT2D eigenvalue weighted by Crippen LogP contribution is -2.41. The zero-order chi connectivity index (χ0) is 17.9. The molecule has 2 rings (SSSR count). The van der Waals surface area contributed by atoms with Gasteiger partial charge in [0.1, 0.15) is 0 Å². The van der Waals surface area contributed by atoms with Gasteiger partial charge in [0.25, 0.3) is 5.91 Å². The van der Waals surface area contributed by atoms with E-state index in [1.165, 1.54) is 16.9 Å². The summed E-state index contributed by atoms with van der Waals surface area (Å²) in [5, 5.41) is 1.77. The van der Waals surface area contributed by atoms with Gasteiger partial charge in [-0.15, -0.1) is 11.3 Å². The summed E-state index contributed by atoms with van der Waals surface area (Å²) < 4.78 is 5.09. The SMILES string of the molecule is O=C(CCC(=O)OCCCc1ccccc1)NNC(=O)c1cccs1. The molecule has 1 aromatic heterocycles. The fraction of sp³-hybridized carbons (Fsp3) is 0.278. The van der Waals surface area contributed by atoms with Gasteiger partial charge in [0.15, 0.2) is 0 Å². The van der Waals surface area contributed by atoms with Crippen molar-refractivity contribution >= 4 is 29.1 Å². The zero-order valence-corrected chi connectivity index (χ0v) is 14.5. The van der Waals surface area contributed by atoms with Crippen LogP contribution in [-0.4, -0.2) is 24.4 Å². The molecule has 1 aromatic carbocycles. The lowest BCUT2D eigenvalue weighted by molar-refractivity contribution is -0.145. The Hall–Kier alpha value is -2.67. The average molecular weight is 360 g/mol. The summed E-state index contributed by atoms with van der Waals surface area (Å²) in [5.74, 6) is -1.24. The molecule has 0 saturated heterocycles. The number of ether oxygens (including phenoxy) is 1. The highest BCUT2D eigenvalue weighted by Crippen LogP contribution is 2.07. The monoisotopic (exact) mass is 360 g/mol. The van der Waals surface area contributed by atoms with Gasteiger partial charge in [-0.05, 0) is 29.9 Å². The lowest BCUT2D eigenvalue weighted by Gasteiger charge is -2.07. The molecule has 1 heterocycles. The second-order valence-electron chi connectivity index (χ2n) is 5.29. The lowest BCUT2D eigenvalue weighted by atomic mass is 10.1. The number of carbonyl (C=O) groups is 3. The first-order chi connectivity index (χ1) is 12.1. The number of nitrogens with one attached hydrogen (secondary N) is 2. The smallest absolute Gasteiger partial charge is 0.306 e. The molecule has 132 valence electrons. The maximum Gasteiger partial charge on any atom is 0.306 e. The standard InChI is InChI=1S/C18H20N2O4S/c21-16(19-20-18(23)15-9-5-13-25-15)10-11-17(22)24-12-4-8-14-6-2-1-3-7-14/h1-3,5-7,9,13H,4,8,10-12H2,(H,19,21)(H,20,23). The van der Waals surface area contributed by atoms with Crippen molar-refractivity contribution in [1.29, 1.82) is 0 Å². The number of hydrazine groups is 1. The van der Waals surface area contributed by atoms with Gasteiger partial charge in [-0.1, -0.05) is 36.4 Å². The van der Waals surface area contributed by atoms with Crippen LogP contribution in [0.4, 0.5) is 0 Å². The van der Waals surface area contributed by atoms with Gasteiger partial charge in [0.05, 0.1) is 17.9 Å². The molecule has 0 aliphatic heterocycles. The van der Waals surface area contributed by atoms with E-state index in [1.54, 1.807) is 17.5 Å². The van der Waals surface area contributed by atoms with E-state index in [0.29, 0.717) is 11.5 Å². The van der Waals surface area contributed by atoms with E-state index in [0.717, 1.165) is 12.8 Å². The molecule has 2 aromatic rings. The molecule has 2 N–H and O–H groups in total. The van der Waals surface area contributed by atoms with E-state index in [2.05, 4.69) is 10.9 Å². The van der Waals surface area contributed by atoms with E-state index < -0.39 is 11.9 Å². The van der Waals surface area contributed by atoms with Gasteiger partial charge in [-0.2, -0.15) is 0 Å². The van der Waals surface area contributed by atoms with Gasteiger partial charge < -0.3 is 4.74 Å². The summed E-state index contributed by atoms with van der Waals surface area (Å²) in [6.07, 6.45) is 1.51. The Kier molecular flexibility index (Phi) is 7.65. The van der Waals surface area contributed by atoms with Crippen molar-refractivity contribution in [3.05, 3.63) is 58.3 Å². The number of amides is 2. The van der Waals surface area contributed by atoms with Crippen molar-refractivity contribution in [3.63, 3.8) is 0 Å². The molecular weight excluding hydrogens is 340 g/mol. The van der Waals surface area contributed by atoms with Gasteiger partial charge >= 0.3 is 5.97 Å². The summed E-state index contributed by atoms with van der Waals surface area (Å²) in [6.45, 7) is 0.324. The van der Waals surface area contributed by atoms with Crippen LogP contribution in [0.3, 0.4) is 0 Å². The molecule has 0 saturated carbocycles. The molecule has 25 heavy (non-hydrogen) atoms. The maximum atomic E-state index is 11.6. The number of carbonyl (C=O) groups excluding carboxylic acids is 3. The van der Waals surface area contributed by atoms with Crippen LogP contribution in [-0.2, 0) is 20.7 Å². The van der Waals surface area contributed by atoms with Crippen molar-refractivity contribution in [2.75, 3.05) is 6.61 Å². The Morgan fingerprint density at radius 2 is 1.76 bits per heavy atom. The fourth-order valence-corrected chi connectivity index (χ4v) is 2.67. The minimum Gasteiger partial charge on any atom is -0.466 e. The second-order valence-corrected chi connectivity index (χ2v) is 6.24. The molecule has 0 radical (unpaired) electrons. The third-order valence-electron chi connectivity index (χ3n) is 3.33. The van der Waals surface area contributed by atoms with E-state index in [4.69, 9.17) is 4.74 Å². The number of thiophene rings is 1. The second kappa shape index (κ2) is 10.2. The third-order valence-corrected chi connectivity index (χ3v) is 4.20. The van der Waals surface area contributed by atoms with Crippen LogP contribution in [0.5, 0.6) is 0 Å². The molecule has 0 spiro atoms. The predicted octanol–water partition coefficient (Wildman–Crippen LogP) is 2.47. The number of hydrogen-bond acceptors (Lipinski definition) is 5. The Balaban J connectivity index is 1.53. The normalized spacial score (nSPS) is 10.1. The molecule has 0 bridgehead atoms. The summed E-state index contributed by atoms with van der Waals surface area (Å²) in [4.78, 5) is 35.3. The zero-order valence-electron chi connectivity index (χ0n) is 13.7. The van der Waals surface area contributed by atoms with Crippen molar-refractivity contribution in [2.45, 2.75) is 25.7 Å². The number of aryl methyl sites for hydroxylation is 1. The molecule has 0 atom stereocenters.